The maximum Gasteiger partial charge on any atom is 0.137 e. The van der Waals surface area contributed by atoms with Crippen molar-refractivity contribution in [1.82, 2.24) is 9.97 Å². The lowest BCUT2D eigenvalue weighted by atomic mass is 10.2. The molecule has 0 radical (unpaired) electrons. The molecule has 0 saturated heterocycles. The predicted octanol–water partition coefficient (Wildman–Crippen LogP) is 1.05. The van der Waals surface area contributed by atoms with Crippen molar-refractivity contribution in [3.8, 4) is 0 Å². The van der Waals surface area contributed by atoms with Gasteiger partial charge in [-0.25, -0.2) is 9.97 Å². The highest BCUT2D eigenvalue weighted by Crippen LogP contribution is 2.17. The third-order valence-electron chi connectivity index (χ3n) is 2.41. The van der Waals surface area contributed by atoms with Crippen LogP contribution in [0.15, 0.2) is 30.6 Å². The summed E-state index contributed by atoms with van der Waals surface area (Å²) >= 11 is 0. The van der Waals surface area contributed by atoms with E-state index in [-0.39, 0.29) is 0 Å². The molecule has 2 rings (SSSR count). The first-order valence-electron chi connectivity index (χ1n) is 5.42. The highest BCUT2D eigenvalue weighted by atomic mass is 16.5. The third-order valence-corrected chi connectivity index (χ3v) is 2.41. The maximum atomic E-state index is 9.55. The minimum absolute atomic E-state index is 0.302. The van der Waals surface area contributed by atoms with E-state index >= 15 is 0 Å². The molecule has 0 saturated carbocycles. The fourth-order valence-corrected chi connectivity index (χ4v) is 1.61. The first kappa shape index (κ1) is 11.8. The van der Waals surface area contributed by atoms with Crippen LogP contribution in [-0.2, 0) is 4.74 Å². The highest BCUT2D eigenvalue weighted by molar-refractivity contribution is 5.88. The third kappa shape index (κ3) is 2.89. The van der Waals surface area contributed by atoms with Crippen molar-refractivity contribution >= 4 is 16.7 Å². The summed E-state index contributed by atoms with van der Waals surface area (Å²) in [7, 11) is 1.56. The van der Waals surface area contributed by atoms with Crippen molar-refractivity contribution in [3.05, 3.63) is 30.6 Å². The van der Waals surface area contributed by atoms with E-state index in [0.29, 0.717) is 13.2 Å². The van der Waals surface area contributed by atoms with E-state index in [4.69, 9.17) is 4.74 Å². The number of fused-ring (bicyclic) bond motifs is 1. The van der Waals surface area contributed by atoms with Crippen LogP contribution >= 0.6 is 0 Å². The van der Waals surface area contributed by atoms with E-state index in [1.807, 2.05) is 24.3 Å². The molecule has 1 atom stereocenters. The van der Waals surface area contributed by atoms with E-state index < -0.39 is 6.10 Å². The number of benzene rings is 1. The SMILES string of the molecule is COCC(O)CNc1ncnc2ccccc12. The van der Waals surface area contributed by atoms with Gasteiger partial charge >= 0.3 is 0 Å². The van der Waals surface area contributed by atoms with Crippen LogP contribution in [0.2, 0.25) is 0 Å². The standard InChI is InChI=1S/C12H15N3O2/c1-17-7-9(16)6-13-12-10-4-2-3-5-11(10)14-8-15-12/h2-5,8-9,16H,6-7H2,1H3,(H,13,14,15). The Balaban J connectivity index is 2.13. The molecule has 0 amide bonds. The van der Waals surface area contributed by atoms with Crippen LogP contribution in [0.1, 0.15) is 0 Å². The van der Waals surface area contributed by atoms with Crippen LogP contribution in [0.3, 0.4) is 0 Å². The average molecular weight is 233 g/mol. The van der Waals surface area contributed by atoms with Crippen molar-refractivity contribution in [3.63, 3.8) is 0 Å². The zero-order valence-corrected chi connectivity index (χ0v) is 9.63. The van der Waals surface area contributed by atoms with E-state index in [1.165, 1.54) is 6.33 Å². The van der Waals surface area contributed by atoms with Gasteiger partial charge in [0.2, 0.25) is 0 Å². The molecule has 2 aromatic rings. The number of hydrogen-bond donors (Lipinski definition) is 2. The zero-order chi connectivity index (χ0) is 12.1. The minimum Gasteiger partial charge on any atom is -0.389 e. The second-order valence-corrected chi connectivity index (χ2v) is 3.73. The molecule has 2 N–H and O–H groups in total. The van der Waals surface area contributed by atoms with Gasteiger partial charge in [0.1, 0.15) is 12.1 Å². The molecule has 17 heavy (non-hydrogen) atoms. The van der Waals surface area contributed by atoms with Crippen LogP contribution in [0.5, 0.6) is 0 Å². The van der Waals surface area contributed by atoms with Crippen LogP contribution in [0.25, 0.3) is 10.9 Å². The molecule has 1 unspecified atom stereocenters. The zero-order valence-electron chi connectivity index (χ0n) is 9.63. The van der Waals surface area contributed by atoms with Crippen molar-refractivity contribution in [2.24, 2.45) is 0 Å². The molecule has 0 bridgehead atoms. The van der Waals surface area contributed by atoms with E-state index in [2.05, 4.69) is 15.3 Å². The average Bonchev–Trinajstić information content (AvgIpc) is 2.36. The largest absolute Gasteiger partial charge is 0.389 e. The molecular weight excluding hydrogens is 218 g/mol. The molecular formula is C12H15N3O2. The van der Waals surface area contributed by atoms with E-state index in [9.17, 15) is 5.11 Å². The van der Waals surface area contributed by atoms with Gasteiger partial charge in [-0.3, -0.25) is 0 Å². The summed E-state index contributed by atoms with van der Waals surface area (Å²) in [5.74, 6) is 0.728. The van der Waals surface area contributed by atoms with Crippen molar-refractivity contribution in [1.29, 1.82) is 0 Å². The Kier molecular flexibility index (Phi) is 3.85. The minimum atomic E-state index is -0.547. The van der Waals surface area contributed by atoms with Gasteiger partial charge in [0.05, 0.1) is 18.2 Å². The van der Waals surface area contributed by atoms with Crippen molar-refractivity contribution < 1.29 is 9.84 Å². The fourth-order valence-electron chi connectivity index (χ4n) is 1.61. The Labute approximate surface area is 99.5 Å². The van der Waals surface area contributed by atoms with Gasteiger partial charge < -0.3 is 15.2 Å². The normalized spacial score (nSPS) is 12.6. The Hall–Kier alpha value is -1.72. The lowest BCUT2D eigenvalue weighted by Crippen LogP contribution is -2.24. The number of methoxy groups -OCH3 is 1. The highest BCUT2D eigenvalue weighted by Gasteiger charge is 2.06. The quantitative estimate of drug-likeness (QED) is 0.808. The molecule has 1 aromatic heterocycles. The number of nitrogens with one attached hydrogen (secondary N) is 1. The second kappa shape index (κ2) is 5.56. The van der Waals surface area contributed by atoms with Crippen molar-refractivity contribution in [2.75, 3.05) is 25.6 Å². The Bertz CT molecular complexity index is 485. The Morgan fingerprint density at radius 2 is 2.18 bits per heavy atom. The smallest absolute Gasteiger partial charge is 0.137 e. The lowest BCUT2D eigenvalue weighted by Gasteiger charge is -2.12. The van der Waals surface area contributed by atoms with Gasteiger partial charge in [-0.15, -0.1) is 0 Å². The summed E-state index contributed by atoms with van der Waals surface area (Å²) in [4.78, 5) is 8.33. The molecule has 5 heteroatoms. The van der Waals surface area contributed by atoms with E-state index in [1.54, 1.807) is 7.11 Å². The summed E-state index contributed by atoms with van der Waals surface area (Å²) < 4.78 is 4.86. The first-order chi connectivity index (χ1) is 8.31. The molecule has 0 aliphatic heterocycles. The monoisotopic (exact) mass is 233 g/mol. The lowest BCUT2D eigenvalue weighted by molar-refractivity contribution is 0.0727. The molecule has 0 spiro atoms. The molecule has 0 aliphatic carbocycles. The number of aliphatic hydroxyl groups excluding tert-OH is 1. The number of aliphatic hydroxyl groups is 1. The number of ether oxygens (including phenoxy) is 1. The Morgan fingerprint density at radius 1 is 1.35 bits per heavy atom. The first-order valence-corrected chi connectivity index (χ1v) is 5.42. The van der Waals surface area contributed by atoms with Gasteiger partial charge in [0.15, 0.2) is 0 Å². The summed E-state index contributed by atoms with van der Waals surface area (Å²) in [5.41, 5.74) is 0.881. The number of para-hydroxylation sites is 1. The number of rotatable bonds is 5. The number of aromatic nitrogens is 2. The molecule has 0 fully saturated rings. The topological polar surface area (TPSA) is 67.3 Å². The number of nitrogens with zero attached hydrogens (tertiary/aromatic N) is 2. The summed E-state index contributed by atoms with van der Waals surface area (Å²) in [6.45, 7) is 0.699. The maximum absolute atomic E-state index is 9.55. The molecule has 1 aromatic carbocycles. The van der Waals surface area contributed by atoms with Gasteiger partial charge in [0.25, 0.3) is 0 Å². The predicted molar refractivity (Wildman–Crippen MR) is 65.9 cm³/mol. The van der Waals surface area contributed by atoms with Gasteiger partial charge in [0, 0.05) is 19.0 Å². The summed E-state index contributed by atoms with van der Waals surface area (Å²) in [6, 6.07) is 7.73. The summed E-state index contributed by atoms with van der Waals surface area (Å²) in [5, 5.41) is 13.6. The molecule has 0 aliphatic rings. The number of anilines is 1. The Morgan fingerprint density at radius 3 is 3.00 bits per heavy atom. The van der Waals surface area contributed by atoms with Gasteiger partial charge in [-0.1, -0.05) is 12.1 Å². The van der Waals surface area contributed by atoms with E-state index in [0.717, 1.165) is 16.7 Å². The summed E-state index contributed by atoms with van der Waals surface area (Å²) in [6.07, 6.45) is 0.960. The molecule has 1 heterocycles. The number of hydrogen-bond acceptors (Lipinski definition) is 5. The fraction of sp³-hybridized carbons (Fsp3) is 0.333. The van der Waals surface area contributed by atoms with Gasteiger partial charge in [-0.05, 0) is 12.1 Å². The van der Waals surface area contributed by atoms with Crippen LogP contribution in [-0.4, -0.2) is 41.4 Å². The van der Waals surface area contributed by atoms with Crippen LogP contribution in [0, 0.1) is 0 Å². The molecule has 5 nitrogen and oxygen atoms in total. The second-order valence-electron chi connectivity index (χ2n) is 3.73. The van der Waals surface area contributed by atoms with Gasteiger partial charge in [-0.2, -0.15) is 0 Å². The van der Waals surface area contributed by atoms with Crippen LogP contribution in [0.4, 0.5) is 5.82 Å². The van der Waals surface area contributed by atoms with Crippen molar-refractivity contribution in [2.45, 2.75) is 6.10 Å². The molecule has 90 valence electrons. The van der Waals surface area contributed by atoms with Crippen LogP contribution < -0.4 is 5.32 Å².